The third kappa shape index (κ3) is 8.57. The molecule has 43 heavy (non-hydrogen) atoms. The predicted octanol–water partition coefficient (Wildman–Crippen LogP) is 5.24. The molecule has 0 unspecified atom stereocenters. The standard InChI is InChI=1S/C32H46N8O3/c1-31(2,3)40(30(42)43-32(4,5)6)25-14-12-23(13-15-25)35-27-21-34-26(20-33)28(37-27)36-24-10-8-22(9-11-24)29(41)39-18-16-38(7)17-19-39/h8-11,21,23,25H,12-19H2,1-7H3,(H2,35,36,37). The lowest BCUT2D eigenvalue weighted by atomic mass is 9.88. The normalized spacial score (nSPS) is 19.7. The van der Waals surface area contributed by atoms with Gasteiger partial charge in [-0.15, -0.1) is 0 Å². The molecule has 2 heterocycles. The first-order valence-electron chi connectivity index (χ1n) is 15.1. The van der Waals surface area contributed by atoms with Crippen molar-refractivity contribution in [2.45, 2.75) is 90.4 Å². The van der Waals surface area contributed by atoms with Gasteiger partial charge in [0.15, 0.2) is 11.5 Å². The zero-order valence-corrected chi connectivity index (χ0v) is 26.6. The molecule has 1 aliphatic heterocycles. The highest BCUT2D eigenvalue weighted by Crippen LogP contribution is 2.31. The smallest absolute Gasteiger partial charge is 0.410 e. The summed E-state index contributed by atoms with van der Waals surface area (Å²) in [4.78, 5) is 40.9. The molecule has 1 aromatic carbocycles. The topological polar surface area (TPSA) is 127 Å². The number of nitriles is 1. The van der Waals surface area contributed by atoms with Gasteiger partial charge in [0.25, 0.3) is 5.91 Å². The van der Waals surface area contributed by atoms with E-state index in [0.29, 0.717) is 22.9 Å². The van der Waals surface area contributed by atoms with Gasteiger partial charge in [-0.25, -0.2) is 14.8 Å². The molecule has 0 atom stereocenters. The molecule has 11 nitrogen and oxygen atoms in total. The van der Waals surface area contributed by atoms with Gasteiger partial charge in [-0.05, 0) is 98.5 Å². The van der Waals surface area contributed by atoms with E-state index in [1.165, 1.54) is 0 Å². The van der Waals surface area contributed by atoms with Crippen molar-refractivity contribution < 1.29 is 14.3 Å². The molecule has 2 amide bonds. The second-order valence-corrected chi connectivity index (χ2v) is 13.5. The lowest BCUT2D eigenvalue weighted by Gasteiger charge is -2.44. The van der Waals surface area contributed by atoms with E-state index in [9.17, 15) is 14.9 Å². The Balaban J connectivity index is 1.38. The fraction of sp³-hybridized carbons (Fsp3) is 0.594. The van der Waals surface area contributed by atoms with Crippen LogP contribution in [-0.4, -0.2) is 93.1 Å². The Morgan fingerprint density at radius 3 is 2.19 bits per heavy atom. The second-order valence-electron chi connectivity index (χ2n) is 13.5. The highest BCUT2D eigenvalue weighted by Gasteiger charge is 2.38. The molecule has 0 bridgehead atoms. The van der Waals surface area contributed by atoms with E-state index in [1.54, 1.807) is 18.3 Å². The number of piperazine rings is 1. The van der Waals surface area contributed by atoms with Crippen molar-refractivity contribution in [2.24, 2.45) is 0 Å². The molecule has 1 aromatic heterocycles. The van der Waals surface area contributed by atoms with Crippen LogP contribution in [0.25, 0.3) is 0 Å². The van der Waals surface area contributed by atoms with Crippen LogP contribution in [0, 0.1) is 11.3 Å². The van der Waals surface area contributed by atoms with Gasteiger partial charge in [0.1, 0.15) is 17.5 Å². The van der Waals surface area contributed by atoms with E-state index < -0.39 is 5.60 Å². The largest absolute Gasteiger partial charge is 0.444 e. The van der Waals surface area contributed by atoms with Crippen LogP contribution in [0.15, 0.2) is 30.5 Å². The molecule has 0 radical (unpaired) electrons. The summed E-state index contributed by atoms with van der Waals surface area (Å²) in [6, 6.07) is 9.57. The summed E-state index contributed by atoms with van der Waals surface area (Å²) in [5.74, 6) is 0.949. The highest BCUT2D eigenvalue weighted by atomic mass is 16.6. The summed E-state index contributed by atoms with van der Waals surface area (Å²) < 4.78 is 5.73. The van der Waals surface area contributed by atoms with Gasteiger partial charge in [0.2, 0.25) is 0 Å². The summed E-state index contributed by atoms with van der Waals surface area (Å²) in [5.41, 5.74) is 0.614. The van der Waals surface area contributed by atoms with E-state index in [2.05, 4.69) is 38.6 Å². The highest BCUT2D eigenvalue weighted by molar-refractivity contribution is 5.94. The van der Waals surface area contributed by atoms with Crippen LogP contribution >= 0.6 is 0 Å². The second kappa shape index (κ2) is 13.2. The number of nitrogens with one attached hydrogen (secondary N) is 2. The fourth-order valence-corrected chi connectivity index (χ4v) is 5.62. The SMILES string of the molecule is CN1CCN(C(=O)c2ccc(Nc3nc(NC4CCC(N(C(=O)OC(C)(C)C)C(C)(C)C)CC4)cnc3C#N)cc2)CC1. The number of anilines is 3. The lowest BCUT2D eigenvalue weighted by molar-refractivity contribution is -0.0133. The van der Waals surface area contributed by atoms with Crippen LogP contribution in [0.1, 0.15) is 83.3 Å². The Bertz CT molecular complexity index is 1310. The molecule has 232 valence electrons. The number of ether oxygens (including phenoxy) is 1. The Hall–Kier alpha value is -3.91. The van der Waals surface area contributed by atoms with Gasteiger partial charge in [0, 0.05) is 55.1 Å². The molecule has 0 spiro atoms. The minimum absolute atomic E-state index is 0.0230. The Morgan fingerprint density at radius 1 is 1.00 bits per heavy atom. The van der Waals surface area contributed by atoms with Gasteiger partial charge < -0.3 is 30.1 Å². The van der Waals surface area contributed by atoms with Crippen molar-refractivity contribution in [2.75, 3.05) is 43.9 Å². The first-order valence-corrected chi connectivity index (χ1v) is 15.1. The molecule has 1 aliphatic carbocycles. The fourth-order valence-electron chi connectivity index (χ4n) is 5.62. The van der Waals surface area contributed by atoms with Gasteiger partial charge in [0.05, 0.1) is 6.20 Å². The zero-order chi connectivity index (χ0) is 31.4. The maximum Gasteiger partial charge on any atom is 0.410 e. The number of carbonyl (C=O) groups excluding carboxylic acids is 2. The third-order valence-electron chi connectivity index (χ3n) is 7.79. The van der Waals surface area contributed by atoms with Crippen molar-refractivity contribution in [3.05, 3.63) is 41.7 Å². The van der Waals surface area contributed by atoms with Gasteiger partial charge >= 0.3 is 6.09 Å². The van der Waals surface area contributed by atoms with Gasteiger partial charge in [-0.1, -0.05) is 0 Å². The number of amides is 2. The van der Waals surface area contributed by atoms with Crippen LogP contribution in [0.4, 0.5) is 22.1 Å². The van der Waals surface area contributed by atoms with E-state index >= 15 is 0 Å². The summed E-state index contributed by atoms with van der Waals surface area (Å²) in [6.45, 7) is 15.0. The number of rotatable bonds is 6. The summed E-state index contributed by atoms with van der Waals surface area (Å²) in [7, 11) is 2.06. The number of hydrogen-bond donors (Lipinski definition) is 2. The number of likely N-dealkylation sites (N-methyl/N-ethyl adjacent to an activating group) is 1. The summed E-state index contributed by atoms with van der Waals surface area (Å²) in [5, 5.41) is 16.3. The predicted molar refractivity (Wildman–Crippen MR) is 167 cm³/mol. The number of benzene rings is 1. The first kappa shape index (κ1) is 32.0. The van der Waals surface area contributed by atoms with E-state index in [4.69, 9.17) is 4.74 Å². The molecule has 11 heteroatoms. The monoisotopic (exact) mass is 590 g/mol. The first-order chi connectivity index (χ1) is 20.2. The summed E-state index contributed by atoms with van der Waals surface area (Å²) in [6.07, 6.45) is 4.68. The van der Waals surface area contributed by atoms with Crippen molar-refractivity contribution >= 4 is 29.3 Å². The van der Waals surface area contributed by atoms with E-state index in [0.717, 1.165) is 51.9 Å². The van der Waals surface area contributed by atoms with Crippen molar-refractivity contribution in [1.29, 1.82) is 5.26 Å². The Kier molecular flexibility index (Phi) is 9.80. The minimum atomic E-state index is -0.552. The van der Waals surface area contributed by atoms with Crippen LogP contribution in [0.2, 0.25) is 0 Å². The maximum atomic E-state index is 13.1. The maximum absolute atomic E-state index is 13.1. The van der Waals surface area contributed by atoms with Crippen LogP contribution < -0.4 is 10.6 Å². The summed E-state index contributed by atoms with van der Waals surface area (Å²) >= 11 is 0. The Morgan fingerprint density at radius 2 is 1.63 bits per heavy atom. The quantitative estimate of drug-likeness (QED) is 0.464. The van der Waals surface area contributed by atoms with E-state index in [1.807, 2.05) is 63.5 Å². The lowest BCUT2D eigenvalue weighted by Crippen LogP contribution is -2.54. The number of hydrogen-bond acceptors (Lipinski definition) is 9. The average molecular weight is 591 g/mol. The molecule has 2 aliphatic rings. The zero-order valence-electron chi connectivity index (χ0n) is 26.6. The molecule has 2 aromatic rings. The number of carbonyl (C=O) groups is 2. The molecule has 2 N–H and O–H groups in total. The third-order valence-corrected chi connectivity index (χ3v) is 7.79. The molecule has 1 saturated heterocycles. The van der Waals surface area contributed by atoms with Gasteiger partial charge in [-0.3, -0.25) is 4.79 Å². The number of aromatic nitrogens is 2. The molecular formula is C32H46N8O3. The van der Waals surface area contributed by atoms with Crippen LogP contribution in [0.3, 0.4) is 0 Å². The number of nitrogens with zero attached hydrogens (tertiary/aromatic N) is 6. The van der Waals surface area contributed by atoms with E-state index in [-0.39, 0.29) is 35.3 Å². The van der Waals surface area contributed by atoms with Crippen molar-refractivity contribution in [3.8, 4) is 6.07 Å². The molecule has 2 fully saturated rings. The molecule has 1 saturated carbocycles. The van der Waals surface area contributed by atoms with Crippen molar-refractivity contribution in [1.82, 2.24) is 24.7 Å². The Labute approximate surface area is 255 Å². The van der Waals surface area contributed by atoms with Gasteiger partial charge in [-0.2, -0.15) is 5.26 Å². The van der Waals surface area contributed by atoms with Crippen molar-refractivity contribution in [3.63, 3.8) is 0 Å². The molecular weight excluding hydrogens is 544 g/mol. The van der Waals surface area contributed by atoms with Crippen LogP contribution in [-0.2, 0) is 4.74 Å². The van der Waals surface area contributed by atoms with Crippen LogP contribution in [0.5, 0.6) is 0 Å². The average Bonchev–Trinajstić information content (AvgIpc) is 2.93. The minimum Gasteiger partial charge on any atom is -0.444 e. The molecule has 4 rings (SSSR count).